The van der Waals surface area contributed by atoms with Crippen LogP contribution in [0.3, 0.4) is 0 Å². The van der Waals surface area contributed by atoms with E-state index >= 15 is 0 Å². The van der Waals surface area contributed by atoms with E-state index in [2.05, 4.69) is 17.2 Å². The number of esters is 1. The maximum atomic E-state index is 14.2. The molecule has 6 N–H and O–H groups in total. The summed E-state index contributed by atoms with van der Waals surface area (Å²) in [5.74, 6) is 2.92. The van der Waals surface area contributed by atoms with Crippen molar-refractivity contribution in [1.82, 2.24) is 10.2 Å². The highest BCUT2D eigenvalue weighted by atomic mass is 16.7. The lowest BCUT2D eigenvalue weighted by Crippen LogP contribution is -2.66. The second-order valence-electron chi connectivity index (χ2n) is 17.2. The van der Waals surface area contributed by atoms with Crippen LogP contribution in [0.2, 0.25) is 0 Å². The Morgan fingerprint density at radius 2 is 1.61 bits per heavy atom. The predicted octanol–water partition coefficient (Wildman–Crippen LogP) is 1.95. The van der Waals surface area contributed by atoms with Crippen LogP contribution >= 0.6 is 0 Å². The van der Waals surface area contributed by atoms with Crippen molar-refractivity contribution >= 4 is 5.97 Å². The third-order valence-electron chi connectivity index (χ3n) is 12.3. The summed E-state index contributed by atoms with van der Waals surface area (Å²) < 4.78 is 37.8. The lowest BCUT2D eigenvalue weighted by molar-refractivity contribution is -0.327. The van der Waals surface area contributed by atoms with E-state index in [0.717, 1.165) is 0 Å². The van der Waals surface area contributed by atoms with Crippen molar-refractivity contribution in [2.75, 3.05) is 27.7 Å². The smallest absolute Gasteiger partial charge is 0.311 e. The van der Waals surface area contributed by atoms with Gasteiger partial charge in [0.2, 0.25) is 0 Å². The molecule has 3 saturated heterocycles. The third kappa shape index (κ3) is 9.97. The van der Waals surface area contributed by atoms with Crippen LogP contribution < -0.4 is 5.32 Å². The van der Waals surface area contributed by atoms with Gasteiger partial charge < -0.3 is 64.2 Å². The van der Waals surface area contributed by atoms with E-state index in [0.29, 0.717) is 13.0 Å². The number of carbonyl (C=O) groups is 1. The van der Waals surface area contributed by atoms with E-state index in [-0.39, 0.29) is 37.3 Å². The Kier molecular flexibility index (Phi) is 16.0. The van der Waals surface area contributed by atoms with Gasteiger partial charge in [-0.25, -0.2) is 0 Å². The summed E-state index contributed by atoms with van der Waals surface area (Å²) in [7, 11) is 5.23. The van der Waals surface area contributed by atoms with Gasteiger partial charge in [-0.05, 0) is 101 Å². The molecule has 14 nitrogen and oxygen atoms in total. The van der Waals surface area contributed by atoms with E-state index in [4.69, 9.17) is 28.4 Å². The summed E-state index contributed by atoms with van der Waals surface area (Å²) in [6.45, 7) is 19.3. The number of nitrogens with zero attached hydrogens (tertiary/aromatic N) is 1. The van der Waals surface area contributed by atoms with Crippen LogP contribution in [0.15, 0.2) is 0 Å². The molecule has 3 fully saturated rings. The number of hydrogen-bond acceptors (Lipinski definition) is 14. The van der Waals surface area contributed by atoms with Crippen molar-refractivity contribution in [1.29, 1.82) is 0 Å². The molecule has 18 atom stereocenters. The highest BCUT2D eigenvalue weighted by Crippen LogP contribution is 2.43. The van der Waals surface area contributed by atoms with Gasteiger partial charge >= 0.3 is 5.97 Å². The van der Waals surface area contributed by atoms with Crippen LogP contribution in [0.1, 0.15) is 102 Å². The zero-order chi connectivity index (χ0) is 41.1. The van der Waals surface area contributed by atoms with Gasteiger partial charge in [0.1, 0.15) is 35.6 Å². The van der Waals surface area contributed by atoms with Gasteiger partial charge in [0.15, 0.2) is 18.2 Å². The molecule has 0 aromatic rings. The van der Waals surface area contributed by atoms with E-state index in [1.54, 1.807) is 55.4 Å². The quantitative estimate of drug-likeness (QED) is 0.163. The molecular weight excluding hydrogens is 700 g/mol. The number of rotatable bonds is 7. The lowest BCUT2D eigenvalue weighted by Gasteiger charge is -2.51. The summed E-state index contributed by atoms with van der Waals surface area (Å²) in [5, 5.41) is 62.0. The minimum atomic E-state index is -1.82. The summed E-state index contributed by atoms with van der Waals surface area (Å²) in [4.78, 5) is 16.2. The average Bonchev–Trinajstić information content (AvgIpc) is 3.09. The molecule has 0 aromatic heterocycles. The van der Waals surface area contributed by atoms with Crippen molar-refractivity contribution in [3.8, 4) is 11.8 Å². The van der Waals surface area contributed by atoms with E-state index in [1.165, 1.54) is 14.0 Å². The molecule has 0 amide bonds. The molecular formula is C40H72N2O12. The molecule has 0 bridgehead atoms. The predicted molar refractivity (Wildman–Crippen MR) is 202 cm³/mol. The zero-order valence-corrected chi connectivity index (χ0v) is 35.2. The van der Waals surface area contributed by atoms with Gasteiger partial charge in [0, 0.05) is 31.5 Å². The number of hydrogen-bond donors (Lipinski definition) is 6. The van der Waals surface area contributed by atoms with Gasteiger partial charge in [-0.2, -0.15) is 0 Å². The summed E-state index contributed by atoms with van der Waals surface area (Å²) >= 11 is 0. The first-order chi connectivity index (χ1) is 24.9. The van der Waals surface area contributed by atoms with Crippen molar-refractivity contribution in [3.05, 3.63) is 0 Å². The van der Waals surface area contributed by atoms with Gasteiger partial charge in [0.05, 0.1) is 29.8 Å². The average molecular weight is 773 g/mol. The van der Waals surface area contributed by atoms with Crippen LogP contribution in [0, 0.1) is 29.6 Å². The molecule has 3 heterocycles. The number of nitrogens with one attached hydrogen (secondary N) is 1. The fraction of sp³-hybridized carbons (Fsp3) is 0.925. The number of aliphatic hydroxyl groups is 5. The van der Waals surface area contributed by atoms with Gasteiger partial charge in [-0.1, -0.05) is 26.7 Å². The molecule has 314 valence electrons. The molecule has 0 aliphatic carbocycles. The maximum absolute atomic E-state index is 14.2. The molecule has 3 rings (SSSR count). The fourth-order valence-corrected chi connectivity index (χ4v) is 8.79. The first-order valence-corrected chi connectivity index (χ1v) is 19.6. The van der Waals surface area contributed by atoms with Crippen molar-refractivity contribution in [3.63, 3.8) is 0 Å². The van der Waals surface area contributed by atoms with E-state index < -0.39 is 95.5 Å². The van der Waals surface area contributed by atoms with Crippen molar-refractivity contribution < 1.29 is 58.7 Å². The molecule has 14 heteroatoms. The number of carbonyl (C=O) groups excluding carboxylic acids is 1. The van der Waals surface area contributed by atoms with Gasteiger partial charge in [0.25, 0.3) is 0 Å². The van der Waals surface area contributed by atoms with Crippen LogP contribution in [-0.4, -0.2) is 154 Å². The van der Waals surface area contributed by atoms with Crippen LogP contribution in [0.5, 0.6) is 0 Å². The highest BCUT2D eigenvalue weighted by Gasteiger charge is 2.58. The second-order valence-corrected chi connectivity index (χ2v) is 17.2. The number of methoxy groups -OCH3 is 1. The number of likely N-dealkylation sites (N-methyl/N-ethyl adjacent to an activating group) is 1. The normalized spacial score (nSPS) is 48.9. The molecule has 3 aliphatic rings. The zero-order valence-electron chi connectivity index (χ0n) is 35.2. The molecule has 0 saturated carbocycles. The topological polar surface area (TPSA) is 189 Å². The fourth-order valence-electron chi connectivity index (χ4n) is 8.79. The Morgan fingerprint density at radius 1 is 0.981 bits per heavy atom. The largest absolute Gasteiger partial charge is 0.459 e. The summed E-state index contributed by atoms with van der Waals surface area (Å²) in [6.07, 6.45) is -7.89. The molecule has 3 aliphatic heterocycles. The molecule has 0 spiro atoms. The molecule has 0 aromatic carbocycles. The summed E-state index contributed by atoms with van der Waals surface area (Å²) in [5.41, 5.74) is -6.33. The minimum absolute atomic E-state index is 0.0253. The molecule has 0 unspecified atom stereocenters. The second kappa shape index (κ2) is 18.4. The Balaban J connectivity index is 2.18. The van der Waals surface area contributed by atoms with E-state index in [9.17, 15) is 30.3 Å². The Morgan fingerprint density at radius 3 is 2.17 bits per heavy atom. The minimum Gasteiger partial charge on any atom is -0.459 e. The van der Waals surface area contributed by atoms with Crippen LogP contribution in [0.25, 0.3) is 0 Å². The number of ether oxygens (including phenoxy) is 6. The first-order valence-electron chi connectivity index (χ1n) is 19.6. The third-order valence-corrected chi connectivity index (χ3v) is 12.3. The van der Waals surface area contributed by atoms with E-state index in [1.807, 2.05) is 32.8 Å². The highest BCUT2D eigenvalue weighted by molar-refractivity contribution is 5.73. The Labute approximate surface area is 323 Å². The summed E-state index contributed by atoms with van der Waals surface area (Å²) in [6, 6.07) is -0.887. The monoisotopic (exact) mass is 773 g/mol. The van der Waals surface area contributed by atoms with Gasteiger partial charge in [-0.3, -0.25) is 4.79 Å². The first kappa shape index (κ1) is 46.9. The van der Waals surface area contributed by atoms with Crippen LogP contribution in [0.4, 0.5) is 0 Å². The Bertz CT molecular complexity index is 1290. The van der Waals surface area contributed by atoms with Crippen molar-refractivity contribution in [2.45, 2.75) is 192 Å². The van der Waals surface area contributed by atoms with Crippen LogP contribution in [-0.2, 0) is 33.2 Å². The van der Waals surface area contributed by atoms with Crippen molar-refractivity contribution in [2.24, 2.45) is 17.8 Å². The maximum Gasteiger partial charge on any atom is 0.311 e. The number of cyclic esters (lactones) is 1. The molecule has 54 heavy (non-hydrogen) atoms. The molecule has 0 radical (unpaired) electrons. The lowest BCUT2D eigenvalue weighted by atomic mass is 9.75. The SMILES string of the molecule is CC#C[C@@]1(O)[C@H](C)O[C@@H](O[C@H]2[C@H](C)[C@@H](O[C@@H]3O[C@H](C)C[C@H](N(C)C)[C@H]3O)[C@](C)(O)C[C@@H](C)CN[C@H](C)[C@@H](O)[C@](C)(O)[C@@H](CC)OC(=O)[C@@H]2C)C[C@@]1(C)OC. The number of aliphatic hydroxyl groups excluding tert-OH is 2. The standard InChI is InChI=1S/C40H72N2O12/c1-15-17-40(48)27(8)51-30(20-38(40,10)49-14)53-32-24(5)34(54-36-31(43)28(42(12)13)18-23(4)50-36)37(9,46)19-22(3)21-41-26(7)33(44)39(11,47)29(16-2)52-35(45)25(32)6/h22-34,36,41,43-44,46-48H,16,18-21H2,1-14H3/t22-,23-,24+,25-,26-,27+,28+,29-,30+,31-,32+,33-,34-,36+,37-,38-,39-,40-/m1/s1. The Hall–Kier alpha value is -1.45. The van der Waals surface area contributed by atoms with Gasteiger partial charge in [-0.15, -0.1) is 5.92 Å².